The van der Waals surface area contributed by atoms with Gasteiger partial charge in [0.05, 0.1) is 30.2 Å². The van der Waals surface area contributed by atoms with E-state index in [0.717, 1.165) is 10.5 Å². The summed E-state index contributed by atoms with van der Waals surface area (Å²) in [4.78, 5) is 30.1. The molecule has 27 heavy (non-hydrogen) atoms. The van der Waals surface area contributed by atoms with Crippen LogP contribution in [0.1, 0.15) is 29.3 Å². The molecule has 1 aliphatic heterocycles. The molecule has 8 heteroatoms. The topological polar surface area (TPSA) is 86.2 Å². The van der Waals surface area contributed by atoms with Crippen LogP contribution in [-0.2, 0) is 4.79 Å². The zero-order valence-corrected chi connectivity index (χ0v) is 15.1. The number of nitrogens with one attached hydrogen (secondary N) is 2. The van der Waals surface area contributed by atoms with Crippen molar-refractivity contribution in [2.24, 2.45) is 0 Å². The van der Waals surface area contributed by atoms with Crippen LogP contribution in [0.25, 0.3) is 10.9 Å². The first-order chi connectivity index (χ1) is 12.7. The Bertz CT molecular complexity index is 929. The Morgan fingerprint density at radius 2 is 2.11 bits per heavy atom. The molecule has 0 unspecified atom stereocenters. The molecule has 0 spiro atoms. The maximum atomic E-state index is 13.7. The number of halogens is 2. The molecule has 3 rings (SSSR count). The fourth-order valence-corrected chi connectivity index (χ4v) is 3.34. The lowest BCUT2D eigenvalue weighted by Gasteiger charge is -2.23. The molecule has 2 aromatic rings. The summed E-state index contributed by atoms with van der Waals surface area (Å²) in [5.41, 5.74) is 1.97. The number of hydrogen-bond acceptors (Lipinski definition) is 4. The number of nitrogens with zero attached hydrogens (tertiary/aromatic N) is 2. The van der Waals surface area contributed by atoms with Gasteiger partial charge in [0, 0.05) is 23.7 Å². The number of aryl methyl sites for hydroxylation is 1. The minimum absolute atomic E-state index is 0.00227. The number of carbonyl (C=O) groups excluding carboxylic acids is 2. The normalized spacial score (nSPS) is 18.5. The minimum Gasteiger partial charge on any atom is -0.343 e. The molecule has 0 bridgehead atoms. The predicted octanol–water partition coefficient (Wildman–Crippen LogP) is 2.55. The van der Waals surface area contributed by atoms with E-state index in [2.05, 4.69) is 10.3 Å². The van der Waals surface area contributed by atoms with Crippen molar-refractivity contribution in [2.75, 3.05) is 13.1 Å². The van der Waals surface area contributed by atoms with Crippen molar-refractivity contribution in [3.05, 3.63) is 41.6 Å². The number of amides is 2. The Hall–Kier alpha value is -2.90. The molecule has 1 fully saturated rings. The van der Waals surface area contributed by atoms with E-state index in [4.69, 9.17) is 5.41 Å². The van der Waals surface area contributed by atoms with Crippen molar-refractivity contribution in [3.63, 3.8) is 0 Å². The number of pyridine rings is 1. The summed E-state index contributed by atoms with van der Waals surface area (Å²) in [6.07, 6.45) is 0.956. The summed E-state index contributed by atoms with van der Waals surface area (Å²) in [5.74, 6) is -4.13. The summed E-state index contributed by atoms with van der Waals surface area (Å²) in [7, 11) is 0. The summed E-state index contributed by atoms with van der Waals surface area (Å²) >= 11 is 0. The Kier molecular flexibility index (Phi) is 4.91. The predicted molar refractivity (Wildman–Crippen MR) is 97.3 cm³/mol. The van der Waals surface area contributed by atoms with Crippen LogP contribution in [0.4, 0.5) is 8.78 Å². The monoisotopic (exact) mass is 374 g/mol. The minimum atomic E-state index is -3.02. The van der Waals surface area contributed by atoms with E-state index in [1.54, 1.807) is 12.1 Å². The van der Waals surface area contributed by atoms with Gasteiger partial charge in [0.2, 0.25) is 5.91 Å². The van der Waals surface area contributed by atoms with Gasteiger partial charge in [-0.1, -0.05) is 18.2 Å². The summed E-state index contributed by atoms with van der Waals surface area (Å²) in [5, 5.41) is 10.8. The van der Waals surface area contributed by atoms with Crippen LogP contribution < -0.4 is 5.32 Å². The highest BCUT2D eigenvalue weighted by Crippen LogP contribution is 2.32. The average Bonchev–Trinajstić information content (AvgIpc) is 2.95. The van der Waals surface area contributed by atoms with Gasteiger partial charge in [-0.05, 0) is 25.5 Å². The van der Waals surface area contributed by atoms with Crippen molar-refractivity contribution < 1.29 is 18.4 Å². The third kappa shape index (κ3) is 3.79. The average molecular weight is 374 g/mol. The summed E-state index contributed by atoms with van der Waals surface area (Å²) in [6.45, 7) is 2.14. The van der Waals surface area contributed by atoms with E-state index < -0.39 is 43.3 Å². The van der Waals surface area contributed by atoms with Crippen molar-refractivity contribution in [1.29, 1.82) is 5.41 Å². The van der Waals surface area contributed by atoms with E-state index in [1.807, 2.05) is 19.1 Å². The van der Waals surface area contributed by atoms with Gasteiger partial charge in [0.25, 0.3) is 11.8 Å². The van der Waals surface area contributed by atoms with Gasteiger partial charge in [-0.2, -0.15) is 0 Å². The number of aromatic nitrogens is 1. The third-order valence-corrected chi connectivity index (χ3v) is 4.71. The number of alkyl halides is 2. The molecule has 1 atom stereocenters. The molecule has 1 aromatic heterocycles. The van der Waals surface area contributed by atoms with Gasteiger partial charge < -0.3 is 15.6 Å². The number of likely N-dealkylation sites (tertiary alicyclic amines) is 1. The second-order valence-corrected chi connectivity index (χ2v) is 6.79. The van der Waals surface area contributed by atoms with Gasteiger partial charge in [0.1, 0.15) is 0 Å². The number of benzene rings is 1. The highest BCUT2D eigenvalue weighted by Gasteiger charge is 2.47. The molecule has 2 N–H and O–H groups in total. The lowest BCUT2D eigenvalue weighted by atomic mass is 10.1. The lowest BCUT2D eigenvalue weighted by molar-refractivity contribution is -0.131. The first-order valence-electron chi connectivity index (χ1n) is 8.54. The standard InChI is InChI=1S/C19H20F2N4O2/c1-11-4-3-5-13-14(6-7-23-17(11)13)18(27)24-9-16(26)25-10-19(20,21)8-15(25)12(2)22/h3-7,15,22H,8-10H2,1-2H3,(H,24,27)/t15-/m0/s1. The molecule has 142 valence electrons. The van der Waals surface area contributed by atoms with Crippen LogP contribution in [0, 0.1) is 12.3 Å². The Labute approximate surface area is 155 Å². The zero-order chi connectivity index (χ0) is 19.8. The number of para-hydroxylation sites is 1. The van der Waals surface area contributed by atoms with Gasteiger partial charge >= 0.3 is 0 Å². The van der Waals surface area contributed by atoms with E-state index in [1.165, 1.54) is 13.1 Å². The maximum Gasteiger partial charge on any atom is 0.267 e. The van der Waals surface area contributed by atoms with Gasteiger partial charge in [-0.15, -0.1) is 0 Å². The molecule has 2 heterocycles. The van der Waals surface area contributed by atoms with Crippen LogP contribution in [0.15, 0.2) is 30.5 Å². The molecule has 2 amide bonds. The molecule has 1 saturated heterocycles. The molecule has 0 saturated carbocycles. The lowest BCUT2D eigenvalue weighted by Crippen LogP contribution is -2.45. The maximum absolute atomic E-state index is 13.7. The van der Waals surface area contributed by atoms with Crippen molar-refractivity contribution in [1.82, 2.24) is 15.2 Å². The summed E-state index contributed by atoms with van der Waals surface area (Å²) < 4.78 is 27.3. The van der Waals surface area contributed by atoms with Crippen molar-refractivity contribution >= 4 is 28.4 Å². The molecule has 0 aliphatic carbocycles. The van der Waals surface area contributed by atoms with E-state index >= 15 is 0 Å². The highest BCUT2D eigenvalue weighted by atomic mass is 19.3. The molecular weight excluding hydrogens is 354 g/mol. The number of carbonyl (C=O) groups is 2. The van der Waals surface area contributed by atoms with Crippen LogP contribution in [0.5, 0.6) is 0 Å². The largest absolute Gasteiger partial charge is 0.343 e. The smallest absolute Gasteiger partial charge is 0.267 e. The number of fused-ring (bicyclic) bond motifs is 1. The fraction of sp³-hybridized carbons (Fsp3) is 0.368. The van der Waals surface area contributed by atoms with Crippen LogP contribution in [-0.4, -0.2) is 52.5 Å². The Morgan fingerprint density at radius 1 is 1.37 bits per heavy atom. The van der Waals surface area contributed by atoms with E-state index in [0.29, 0.717) is 16.5 Å². The molecule has 0 radical (unpaired) electrons. The third-order valence-electron chi connectivity index (χ3n) is 4.71. The molecule has 1 aliphatic rings. The number of hydrogen-bond donors (Lipinski definition) is 2. The van der Waals surface area contributed by atoms with Crippen LogP contribution in [0.3, 0.4) is 0 Å². The molecular formula is C19H20F2N4O2. The first kappa shape index (κ1) is 18.9. The van der Waals surface area contributed by atoms with Crippen LogP contribution >= 0.6 is 0 Å². The van der Waals surface area contributed by atoms with Gasteiger partial charge in [-0.25, -0.2) is 8.78 Å². The highest BCUT2D eigenvalue weighted by molar-refractivity contribution is 6.07. The van der Waals surface area contributed by atoms with E-state index in [9.17, 15) is 18.4 Å². The second-order valence-electron chi connectivity index (χ2n) is 6.79. The summed E-state index contributed by atoms with van der Waals surface area (Å²) in [6, 6.07) is 6.07. The number of rotatable bonds is 4. The Morgan fingerprint density at radius 3 is 2.81 bits per heavy atom. The van der Waals surface area contributed by atoms with Gasteiger partial charge in [-0.3, -0.25) is 14.6 Å². The first-order valence-corrected chi connectivity index (χ1v) is 8.54. The Balaban J connectivity index is 1.74. The second kappa shape index (κ2) is 7.02. The molecule has 6 nitrogen and oxygen atoms in total. The quantitative estimate of drug-likeness (QED) is 0.807. The van der Waals surface area contributed by atoms with Crippen molar-refractivity contribution in [3.8, 4) is 0 Å². The van der Waals surface area contributed by atoms with Crippen LogP contribution in [0.2, 0.25) is 0 Å². The van der Waals surface area contributed by atoms with E-state index in [-0.39, 0.29) is 5.71 Å². The SMILES string of the molecule is CC(=N)[C@@H]1CC(F)(F)CN1C(=O)CNC(=O)c1ccnc2c(C)cccc12. The van der Waals surface area contributed by atoms with Crippen molar-refractivity contribution in [2.45, 2.75) is 32.2 Å². The van der Waals surface area contributed by atoms with Gasteiger partial charge in [0.15, 0.2) is 0 Å². The fourth-order valence-electron chi connectivity index (χ4n) is 3.34. The molecule has 1 aromatic carbocycles. The zero-order valence-electron chi connectivity index (χ0n) is 15.1.